The van der Waals surface area contributed by atoms with Crippen LogP contribution in [-0.2, 0) is 0 Å². The summed E-state index contributed by atoms with van der Waals surface area (Å²) in [7, 11) is 0. The minimum Gasteiger partial charge on any atom is -0.0871 e. The first-order chi connectivity index (χ1) is 4.83. The normalized spacial score (nSPS) is 25.4. The van der Waals surface area contributed by atoms with Crippen LogP contribution in [0.3, 0.4) is 0 Å². The molecule has 0 N–H and O–H groups in total. The summed E-state index contributed by atoms with van der Waals surface area (Å²) in [5, 5.41) is 0. The second kappa shape index (κ2) is 3.40. The van der Waals surface area contributed by atoms with E-state index in [9.17, 15) is 0 Å². The van der Waals surface area contributed by atoms with Crippen molar-refractivity contribution in [2.24, 2.45) is 5.92 Å². The zero-order chi connectivity index (χ0) is 7.40. The fraction of sp³-hybridized carbons (Fsp3) is 0.400. The van der Waals surface area contributed by atoms with Gasteiger partial charge in [0.15, 0.2) is 0 Å². The van der Waals surface area contributed by atoms with Crippen molar-refractivity contribution in [1.82, 2.24) is 0 Å². The van der Waals surface area contributed by atoms with Gasteiger partial charge in [0.2, 0.25) is 0 Å². The minimum absolute atomic E-state index is 0.731. The zero-order valence-corrected chi connectivity index (χ0v) is 6.67. The molecule has 1 aliphatic carbocycles. The lowest BCUT2D eigenvalue weighted by atomic mass is 9.98. The van der Waals surface area contributed by atoms with Gasteiger partial charge in [-0.1, -0.05) is 37.3 Å². The third-order valence-corrected chi connectivity index (χ3v) is 1.70. The molecule has 0 heteroatoms. The molecular formula is C10H14. The summed E-state index contributed by atoms with van der Waals surface area (Å²) in [5.41, 5.74) is 1.35. The van der Waals surface area contributed by atoms with Gasteiger partial charge in [-0.05, 0) is 24.8 Å². The maximum atomic E-state index is 2.28. The molecule has 54 valence electrons. The smallest absolute Gasteiger partial charge is 0.0224 e. The molecule has 1 unspecified atom stereocenters. The van der Waals surface area contributed by atoms with Gasteiger partial charge < -0.3 is 0 Å². The first kappa shape index (κ1) is 7.33. The Bertz CT molecular complexity index is 182. The van der Waals surface area contributed by atoms with Crippen LogP contribution in [0.2, 0.25) is 0 Å². The van der Waals surface area contributed by atoms with E-state index in [1.807, 2.05) is 6.92 Å². The second-order valence-electron chi connectivity index (χ2n) is 2.78. The SMILES string of the molecule is C/C=C/C1=CCC(C)C=C1. The van der Waals surface area contributed by atoms with Crippen LogP contribution >= 0.6 is 0 Å². The molecule has 10 heavy (non-hydrogen) atoms. The maximum Gasteiger partial charge on any atom is -0.0224 e. The van der Waals surface area contributed by atoms with Gasteiger partial charge in [0.25, 0.3) is 0 Å². The Morgan fingerprint density at radius 3 is 2.90 bits per heavy atom. The third-order valence-electron chi connectivity index (χ3n) is 1.70. The molecule has 0 aromatic heterocycles. The van der Waals surface area contributed by atoms with Crippen LogP contribution in [0.1, 0.15) is 20.3 Å². The van der Waals surface area contributed by atoms with Gasteiger partial charge in [-0.2, -0.15) is 0 Å². The fourth-order valence-corrected chi connectivity index (χ4v) is 1.06. The van der Waals surface area contributed by atoms with Crippen LogP contribution in [0.5, 0.6) is 0 Å². The molecule has 0 nitrogen and oxygen atoms in total. The molecule has 0 saturated heterocycles. The molecule has 0 amide bonds. The highest BCUT2D eigenvalue weighted by Gasteiger charge is 1.99. The highest BCUT2D eigenvalue weighted by atomic mass is 14.0. The van der Waals surface area contributed by atoms with Crippen LogP contribution in [-0.4, -0.2) is 0 Å². The van der Waals surface area contributed by atoms with Crippen molar-refractivity contribution in [3.8, 4) is 0 Å². The predicted octanol–water partition coefficient (Wildman–Crippen LogP) is 3.08. The Morgan fingerprint density at radius 1 is 1.60 bits per heavy atom. The number of allylic oxidation sites excluding steroid dienone is 6. The molecule has 0 aromatic rings. The van der Waals surface area contributed by atoms with E-state index in [2.05, 4.69) is 37.3 Å². The molecule has 0 radical (unpaired) electrons. The molecule has 1 atom stereocenters. The molecule has 0 aromatic carbocycles. The van der Waals surface area contributed by atoms with Crippen molar-refractivity contribution in [3.63, 3.8) is 0 Å². The lowest BCUT2D eigenvalue weighted by Crippen LogP contribution is -1.92. The Hall–Kier alpha value is -0.780. The van der Waals surface area contributed by atoms with E-state index in [-0.39, 0.29) is 0 Å². The third kappa shape index (κ3) is 1.87. The van der Waals surface area contributed by atoms with Crippen molar-refractivity contribution in [2.45, 2.75) is 20.3 Å². The van der Waals surface area contributed by atoms with Crippen LogP contribution in [0, 0.1) is 5.92 Å². The number of rotatable bonds is 1. The van der Waals surface area contributed by atoms with E-state index < -0.39 is 0 Å². The number of hydrogen-bond acceptors (Lipinski definition) is 0. The molecular weight excluding hydrogens is 120 g/mol. The van der Waals surface area contributed by atoms with Crippen molar-refractivity contribution in [1.29, 1.82) is 0 Å². The lowest BCUT2D eigenvalue weighted by Gasteiger charge is -2.07. The number of hydrogen-bond donors (Lipinski definition) is 0. The van der Waals surface area contributed by atoms with Crippen LogP contribution in [0.15, 0.2) is 36.0 Å². The highest BCUT2D eigenvalue weighted by molar-refractivity contribution is 5.33. The van der Waals surface area contributed by atoms with Gasteiger partial charge in [-0.3, -0.25) is 0 Å². The molecule has 0 heterocycles. The topological polar surface area (TPSA) is 0 Å². The van der Waals surface area contributed by atoms with E-state index in [1.54, 1.807) is 0 Å². The first-order valence-corrected chi connectivity index (χ1v) is 3.84. The molecule has 0 bridgehead atoms. The van der Waals surface area contributed by atoms with E-state index in [0.29, 0.717) is 0 Å². The van der Waals surface area contributed by atoms with E-state index in [0.717, 1.165) is 5.92 Å². The quantitative estimate of drug-likeness (QED) is 0.517. The van der Waals surface area contributed by atoms with Crippen molar-refractivity contribution in [2.75, 3.05) is 0 Å². The Balaban J connectivity index is 2.58. The summed E-state index contributed by atoms with van der Waals surface area (Å²) in [4.78, 5) is 0. The molecule has 0 aliphatic heterocycles. The molecule has 1 rings (SSSR count). The van der Waals surface area contributed by atoms with Gasteiger partial charge in [-0.15, -0.1) is 0 Å². The van der Waals surface area contributed by atoms with Gasteiger partial charge in [0.05, 0.1) is 0 Å². The van der Waals surface area contributed by atoms with Crippen molar-refractivity contribution in [3.05, 3.63) is 36.0 Å². The Labute approximate surface area is 62.9 Å². The van der Waals surface area contributed by atoms with Gasteiger partial charge in [0.1, 0.15) is 0 Å². The first-order valence-electron chi connectivity index (χ1n) is 3.84. The van der Waals surface area contributed by atoms with Crippen LogP contribution < -0.4 is 0 Å². The summed E-state index contributed by atoms with van der Waals surface area (Å²) in [6.45, 7) is 4.28. The average molecular weight is 134 g/mol. The molecule has 0 fully saturated rings. The fourth-order valence-electron chi connectivity index (χ4n) is 1.06. The van der Waals surface area contributed by atoms with E-state index in [4.69, 9.17) is 0 Å². The van der Waals surface area contributed by atoms with Gasteiger partial charge in [0, 0.05) is 0 Å². The summed E-state index contributed by atoms with van der Waals surface area (Å²) in [5.74, 6) is 0.731. The van der Waals surface area contributed by atoms with Gasteiger partial charge in [-0.25, -0.2) is 0 Å². The maximum absolute atomic E-state index is 2.28. The molecule has 1 aliphatic rings. The van der Waals surface area contributed by atoms with E-state index >= 15 is 0 Å². The highest BCUT2D eigenvalue weighted by Crippen LogP contribution is 2.15. The predicted molar refractivity (Wildman–Crippen MR) is 45.8 cm³/mol. The molecule has 0 saturated carbocycles. The Kier molecular flexibility index (Phi) is 2.49. The Morgan fingerprint density at radius 2 is 2.40 bits per heavy atom. The zero-order valence-electron chi connectivity index (χ0n) is 6.67. The minimum atomic E-state index is 0.731. The lowest BCUT2D eigenvalue weighted by molar-refractivity contribution is 0.733. The monoisotopic (exact) mass is 134 g/mol. The standard InChI is InChI=1S/C10H14/c1-3-4-10-7-5-9(2)6-8-10/h3-5,7-9H,6H2,1-2H3/b4-3+. The van der Waals surface area contributed by atoms with Crippen LogP contribution in [0.4, 0.5) is 0 Å². The average Bonchev–Trinajstić information content (AvgIpc) is 1.95. The second-order valence-corrected chi connectivity index (χ2v) is 2.78. The summed E-state index contributed by atoms with van der Waals surface area (Å²) in [6, 6.07) is 0. The van der Waals surface area contributed by atoms with E-state index in [1.165, 1.54) is 12.0 Å². The molecule has 0 spiro atoms. The van der Waals surface area contributed by atoms with Crippen molar-refractivity contribution >= 4 is 0 Å². The summed E-state index contributed by atoms with van der Waals surface area (Å²) < 4.78 is 0. The summed E-state index contributed by atoms with van der Waals surface area (Å²) in [6.07, 6.45) is 12.1. The largest absolute Gasteiger partial charge is 0.0871 e. The van der Waals surface area contributed by atoms with Crippen LogP contribution in [0.25, 0.3) is 0 Å². The van der Waals surface area contributed by atoms with Gasteiger partial charge >= 0.3 is 0 Å². The summed E-state index contributed by atoms with van der Waals surface area (Å²) >= 11 is 0. The van der Waals surface area contributed by atoms with Crippen molar-refractivity contribution < 1.29 is 0 Å².